The number of benzene rings is 1. The number of carbonyl (C=O) groups is 2. The standard InChI is InChI=1S/C18H26N4O3/c1-13(20-18(24)22-8-7-19-17(23)14(22)2)15-3-5-16(6-4-15)21-9-11-25-12-10-21/h3-6,13-14H,7-12H2,1-2H3,(H,19,23)(H,20,24)/t13-,14+/m0/s1. The molecule has 1 aromatic carbocycles. The highest BCUT2D eigenvalue weighted by Gasteiger charge is 2.29. The van der Waals surface area contributed by atoms with Gasteiger partial charge in [-0.1, -0.05) is 12.1 Å². The monoisotopic (exact) mass is 346 g/mol. The number of nitrogens with one attached hydrogen (secondary N) is 2. The first-order valence-electron chi connectivity index (χ1n) is 8.84. The summed E-state index contributed by atoms with van der Waals surface area (Å²) in [5, 5.41) is 5.75. The molecule has 2 aliphatic heterocycles. The van der Waals surface area contributed by atoms with E-state index in [4.69, 9.17) is 4.74 Å². The zero-order valence-corrected chi connectivity index (χ0v) is 14.8. The molecular weight excluding hydrogens is 320 g/mol. The van der Waals surface area contributed by atoms with E-state index in [1.807, 2.05) is 19.1 Å². The smallest absolute Gasteiger partial charge is 0.318 e. The van der Waals surface area contributed by atoms with Crippen LogP contribution in [0.5, 0.6) is 0 Å². The summed E-state index contributed by atoms with van der Waals surface area (Å²) in [6.45, 7) is 8.06. The van der Waals surface area contributed by atoms with Crippen molar-refractivity contribution in [2.24, 2.45) is 0 Å². The minimum Gasteiger partial charge on any atom is -0.378 e. The molecule has 2 N–H and O–H groups in total. The van der Waals surface area contributed by atoms with Gasteiger partial charge in [0.15, 0.2) is 0 Å². The Morgan fingerprint density at radius 1 is 1.24 bits per heavy atom. The number of morpholine rings is 1. The quantitative estimate of drug-likeness (QED) is 0.860. The first kappa shape index (κ1) is 17.5. The average Bonchev–Trinajstić information content (AvgIpc) is 2.64. The van der Waals surface area contributed by atoms with Crippen molar-refractivity contribution in [3.63, 3.8) is 0 Å². The second kappa shape index (κ2) is 7.74. The molecule has 0 radical (unpaired) electrons. The molecule has 3 amide bonds. The third kappa shape index (κ3) is 4.04. The Labute approximate surface area is 148 Å². The number of urea groups is 1. The van der Waals surface area contributed by atoms with Gasteiger partial charge in [0.2, 0.25) is 5.91 Å². The van der Waals surface area contributed by atoms with E-state index >= 15 is 0 Å². The minimum absolute atomic E-state index is 0.107. The van der Waals surface area contributed by atoms with Crippen molar-refractivity contribution in [3.8, 4) is 0 Å². The Kier molecular flexibility index (Phi) is 5.43. The van der Waals surface area contributed by atoms with Gasteiger partial charge in [-0.3, -0.25) is 4.79 Å². The number of carbonyl (C=O) groups excluding carboxylic acids is 2. The molecule has 7 heteroatoms. The van der Waals surface area contributed by atoms with Gasteiger partial charge in [0.1, 0.15) is 6.04 Å². The fourth-order valence-electron chi connectivity index (χ4n) is 3.21. The maximum Gasteiger partial charge on any atom is 0.318 e. The lowest BCUT2D eigenvalue weighted by Crippen LogP contribution is -2.58. The summed E-state index contributed by atoms with van der Waals surface area (Å²) < 4.78 is 5.38. The van der Waals surface area contributed by atoms with Crippen LogP contribution in [0.25, 0.3) is 0 Å². The van der Waals surface area contributed by atoms with Crippen molar-refractivity contribution < 1.29 is 14.3 Å². The van der Waals surface area contributed by atoms with Gasteiger partial charge in [-0.15, -0.1) is 0 Å². The fraction of sp³-hybridized carbons (Fsp3) is 0.556. The largest absolute Gasteiger partial charge is 0.378 e. The average molecular weight is 346 g/mol. The predicted octanol–water partition coefficient (Wildman–Crippen LogP) is 1.11. The van der Waals surface area contributed by atoms with Crippen LogP contribution in [0.3, 0.4) is 0 Å². The molecule has 7 nitrogen and oxygen atoms in total. The highest BCUT2D eigenvalue weighted by Crippen LogP contribution is 2.20. The predicted molar refractivity (Wildman–Crippen MR) is 95.6 cm³/mol. The second-order valence-corrected chi connectivity index (χ2v) is 6.52. The molecule has 2 aliphatic rings. The van der Waals surface area contributed by atoms with E-state index < -0.39 is 6.04 Å². The van der Waals surface area contributed by atoms with Crippen LogP contribution in [0.1, 0.15) is 25.5 Å². The van der Waals surface area contributed by atoms with E-state index in [1.165, 1.54) is 5.69 Å². The van der Waals surface area contributed by atoms with Crippen LogP contribution >= 0.6 is 0 Å². The van der Waals surface area contributed by atoms with Crippen LogP contribution in [0.15, 0.2) is 24.3 Å². The topological polar surface area (TPSA) is 73.9 Å². The molecule has 0 spiro atoms. The molecule has 3 rings (SSSR count). The minimum atomic E-state index is -0.440. The molecule has 2 fully saturated rings. The van der Waals surface area contributed by atoms with Crippen molar-refractivity contribution in [3.05, 3.63) is 29.8 Å². The molecule has 0 unspecified atom stereocenters. The summed E-state index contributed by atoms with van der Waals surface area (Å²) in [5.41, 5.74) is 2.21. The Morgan fingerprint density at radius 2 is 1.92 bits per heavy atom. The lowest BCUT2D eigenvalue weighted by Gasteiger charge is -2.33. The van der Waals surface area contributed by atoms with E-state index in [0.29, 0.717) is 13.1 Å². The Morgan fingerprint density at radius 3 is 2.60 bits per heavy atom. The summed E-state index contributed by atoms with van der Waals surface area (Å²) in [5.74, 6) is -0.107. The Balaban J connectivity index is 1.59. The third-order valence-electron chi connectivity index (χ3n) is 4.87. The second-order valence-electron chi connectivity index (χ2n) is 6.52. The SMILES string of the molecule is C[C@H](NC(=O)N1CCNC(=O)[C@H]1C)c1ccc(N2CCOCC2)cc1. The van der Waals surface area contributed by atoms with Crippen molar-refractivity contribution in [2.75, 3.05) is 44.3 Å². The number of hydrogen-bond donors (Lipinski definition) is 2. The highest BCUT2D eigenvalue weighted by atomic mass is 16.5. The van der Waals surface area contributed by atoms with Crippen molar-refractivity contribution in [1.82, 2.24) is 15.5 Å². The van der Waals surface area contributed by atoms with Gasteiger partial charge in [-0.25, -0.2) is 4.79 Å². The van der Waals surface area contributed by atoms with Gasteiger partial charge < -0.3 is 25.2 Å². The third-order valence-corrected chi connectivity index (χ3v) is 4.87. The summed E-state index contributed by atoms with van der Waals surface area (Å²) in [4.78, 5) is 28.0. The van der Waals surface area contributed by atoms with Gasteiger partial charge in [-0.05, 0) is 31.5 Å². The Bertz CT molecular complexity index is 613. The van der Waals surface area contributed by atoms with Gasteiger partial charge in [0.05, 0.1) is 19.3 Å². The number of piperazine rings is 1. The maximum absolute atomic E-state index is 12.5. The van der Waals surface area contributed by atoms with Crippen LogP contribution in [-0.4, -0.2) is 62.3 Å². The normalized spacial score (nSPS) is 22.3. The molecule has 2 heterocycles. The van der Waals surface area contributed by atoms with E-state index in [0.717, 1.165) is 31.9 Å². The summed E-state index contributed by atoms with van der Waals surface area (Å²) in [6.07, 6.45) is 0. The van der Waals surface area contributed by atoms with Gasteiger partial charge in [-0.2, -0.15) is 0 Å². The first-order chi connectivity index (χ1) is 12.1. The van der Waals surface area contributed by atoms with Crippen LogP contribution in [0, 0.1) is 0 Å². The van der Waals surface area contributed by atoms with E-state index in [1.54, 1.807) is 11.8 Å². The number of amides is 3. The number of anilines is 1. The van der Waals surface area contributed by atoms with Gasteiger partial charge in [0.25, 0.3) is 0 Å². The molecule has 2 saturated heterocycles. The Hall–Kier alpha value is -2.28. The maximum atomic E-state index is 12.5. The molecule has 0 saturated carbocycles. The van der Waals surface area contributed by atoms with Crippen molar-refractivity contribution >= 4 is 17.6 Å². The summed E-state index contributed by atoms with van der Waals surface area (Å²) in [7, 11) is 0. The molecule has 2 atom stereocenters. The molecule has 0 bridgehead atoms. The fourth-order valence-corrected chi connectivity index (χ4v) is 3.21. The number of hydrogen-bond acceptors (Lipinski definition) is 4. The molecule has 136 valence electrons. The number of rotatable bonds is 3. The van der Waals surface area contributed by atoms with E-state index in [9.17, 15) is 9.59 Å². The first-order valence-corrected chi connectivity index (χ1v) is 8.84. The molecule has 1 aromatic rings. The highest BCUT2D eigenvalue weighted by molar-refractivity contribution is 5.88. The number of nitrogens with zero attached hydrogens (tertiary/aromatic N) is 2. The van der Waals surface area contributed by atoms with Crippen molar-refractivity contribution in [2.45, 2.75) is 25.9 Å². The lowest BCUT2D eigenvalue weighted by atomic mass is 10.1. The van der Waals surface area contributed by atoms with Crippen LogP contribution < -0.4 is 15.5 Å². The molecule has 0 aromatic heterocycles. The van der Waals surface area contributed by atoms with Crippen LogP contribution in [0.2, 0.25) is 0 Å². The molecule has 0 aliphatic carbocycles. The van der Waals surface area contributed by atoms with E-state index in [2.05, 4.69) is 27.7 Å². The molecular formula is C18H26N4O3. The molecule has 25 heavy (non-hydrogen) atoms. The van der Waals surface area contributed by atoms with Crippen molar-refractivity contribution in [1.29, 1.82) is 0 Å². The van der Waals surface area contributed by atoms with E-state index in [-0.39, 0.29) is 18.0 Å². The number of ether oxygens (including phenoxy) is 1. The zero-order valence-electron chi connectivity index (χ0n) is 14.8. The zero-order chi connectivity index (χ0) is 17.8. The summed E-state index contributed by atoms with van der Waals surface area (Å²) in [6, 6.07) is 7.49. The van der Waals surface area contributed by atoms with Crippen LogP contribution in [0.4, 0.5) is 10.5 Å². The summed E-state index contributed by atoms with van der Waals surface area (Å²) >= 11 is 0. The lowest BCUT2D eigenvalue weighted by molar-refractivity contribution is -0.126. The van der Waals surface area contributed by atoms with Gasteiger partial charge >= 0.3 is 6.03 Å². The van der Waals surface area contributed by atoms with Gasteiger partial charge in [0, 0.05) is 31.9 Å². The van der Waals surface area contributed by atoms with Crippen LogP contribution in [-0.2, 0) is 9.53 Å².